The van der Waals surface area contributed by atoms with E-state index < -0.39 is 0 Å². The van der Waals surface area contributed by atoms with Crippen molar-refractivity contribution in [1.82, 2.24) is 0 Å². The van der Waals surface area contributed by atoms with Crippen LogP contribution < -0.4 is 0 Å². The van der Waals surface area contributed by atoms with Gasteiger partial charge in [-0.25, -0.2) is 0 Å². The van der Waals surface area contributed by atoms with Crippen LogP contribution in [-0.4, -0.2) is 11.2 Å². The van der Waals surface area contributed by atoms with Crippen LogP contribution in [0.4, 0.5) is 0 Å². The van der Waals surface area contributed by atoms with Gasteiger partial charge in [-0.3, -0.25) is 0 Å². The van der Waals surface area contributed by atoms with Gasteiger partial charge in [0.05, 0.1) is 6.10 Å². The molecule has 0 radical (unpaired) electrons. The van der Waals surface area contributed by atoms with Crippen LogP contribution in [-0.2, 0) is 6.42 Å². The third-order valence-electron chi connectivity index (χ3n) is 1.67. The molecular formula is C9H13BrOS. The number of halogens is 1. The molecule has 1 N–H and O–H groups in total. The Labute approximate surface area is 85.6 Å². The molecule has 0 saturated carbocycles. The van der Waals surface area contributed by atoms with Crippen LogP contribution in [0.2, 0.25) is 0 Å². The van der Waals surface area contributed by atoms with Crippen molar-refractivity contribution >= 4 is 27.3 Å². The number of rotatable bonds is 3. The summed E-state index contributed by atoms with van der Waals surface area (Å²) in [4.78, 5) is 2.66. The van der Waals surface area contributed by atoms with E-state index in [1.165, 1.54) is 14.2 Å². The summed E-state index contributed by atoms with van der Waals surface area (Å²) in [6.45, 7) is 3.93. The number of aryl methyl sites for hydroxylation is 2. The van der Waals surface area contributed by atoms with Crippen molar-refractivity contribution < 1.29 is 5.11 Å². The molecule has 1 rings (SSSR count). The standard InChI is InChI=1S/C9H13BrOS/c1-6(11)3-4-9-8(10)5-7(2)12-9/h5-6,11H,3-4H2,1-2H3/t6-/m1/s1. The molecule has 1 atom stereocenters. The second-order valence-corrected chi connectivity index (χ2v) is 5.21. The van der Waals surface area contributed by atoms with Crippen molar-refractivity contribution in [3.63, 3.8) is 0 Å². The van der Waals surface area contributed by atoms with Crippen LogP contribution in [0.5, 0.6) is 0 Å². The molecule has 0 spiro atoms. The SMILES string of the molecule is Cc1cc(Br)c(CC[C@@H](C)O)s1. The van der Waals surface area contributed by atoms with E-state index in [0.29, 0.717) is 0 Å². The first kappa shape index (κ1) is 10.2. The molecule has 68 valence electrons. The molecule has 0 aliphatic carbocycles. The van der Waals surface area contributed by atoms with Gasteiger partial charge in [-0.05, 0) is 48.7 Å². The van der Waals surface area contributed by atoms with Crippen LogP contribution in [0.1, 0.15) is 23.1 Å². The fraction of sp³-hybridized carbons (Fsp3) is 0.556. The molecule has 3 heteroatoms. The van der Waals surface area contributed by atoms with Gasteiger partial charge in [0.15, 0.2) is 0 Å². The average Bonchev–Trinajstić information content (AvgIpc) is 2.26. The Morgan fingerprint density at radius 1 is 1.67 bits per heavy atom. The zero-order chi connectivity index (χ0) is 9.14. The fourth-order valence-corrected chi connectivity index (χ4v) is 2.92. The van der Waals surface area contributed by atoms with E-state index in [9.17, 15) is 0 Å². The van der Waals surface area contributed by atoms with Crippen molar-refractivity contribution in [2.24, 2.45) is 0 Å². The molecule has 0 aromatic carbocycles. The van der Waals surface area contributed by atoms with Gasteiger partial charge in [-0.2, -0.15) is 0 Å². The summed E-state index contributed by atoms with van der Waals surface area (Å²) in [6, 6.07) is 2.13. The summed E-state index contributed by atoms with van der Waals surface area (Å²) in [5.74, 6) is 0. The summed E-state index contributed by atoms with van der Waals surface area (Å²) >= 11 is 5.29. The monoisotopic (exact) mass is 248 g/mol. The lowest BCUT2D eigenvalue weighted by molar-refractivity contribution is 0.185. The molecule has 0 amide bonds. The van der Waals surface area contributed by atoms with Gasteiger partial charge in [0.25, 0.3) is 0 Å². The van der Waals surface area contributed by atoms with Crippen LogP contribution in [0.3, 0.4) is 0 Å². The Balaban J connectivity index is 2.57. The molecule has 1 nitrogen and oxygen atoms in total. The normalized spacial score (nSPS) is 13.3. The maximum absolute atomic E-state index is 9.10. The Bertz CT molecular complexity index is 255. The van der Waals surface area contributed by atoms with E-state index in [0.717, 1.165) is 12.8 Å². The highest BCUT2D eigenvalue weighted by molar-refractivity contribution is 9.10. The van der Waals surface area contributed by atoms with Gasteiger partial charge >= 0.3 is 0 Å². The van der Waals surface area contributed by atoms with E-state index in [1.54, 1.807) is 11.3 Å². The largest absolute Gasteiger partial charge is 0.393 e. The molecule has 0 aliphatic rings. The fourth-order valence-electron chi connectivity index (χ4n) is 1.04. The third-order valence-corrected chi connectivity index (χ3v) is 3.75. The smallest absolute Gasteiger partial charge is 0.0515 e. The Morgan fingerprint density at radius 3 is 2.75 bits per heavy atom. The van der Waals surface area contributed by atoms with Crippen molar-refractivity contribution in [3.8, 4) is 0 Å². The number of hydrogen-bond acceptors (Lipinski definition) is 2. The average molecular weight is 249 g/mol. The Morgan fingerprint density at radius 2 is 2.33 bits per heavy atom. The van der Waals surface area contributed by atoms with Gasteiger partial charge in [0.2, 0.25) is 0 Å². The minimum atomic E-state index is -0.195. The highest BCUT2D eigenvalue weighted by Gasteiger charge is 2.05. The van der Waals surface area contributed by atoms with Crippen molar-refractivity contribution in [2.75, 3.05) is 0 Å². The van der Waals surface area contributed by atoms with Crippen LogP contribution in [0, 0.1) is 6.92 Å². The van der Waals surface area contributed by atoms with Crippen LogP contribution in [0.25, 0.3) is 0 Å². The topological polar surface area (TPSA) is 20.2 Å². The van der Waals surface area contributed by atoms with E-state index in [2.05, 4.69) is 28.9 Å². The summed E-state index contributed by atoms with van der Waals surface area (Å²) in [6.07, 6.45) is 1.62. The molecule has 1 aromatic rings. The van der Waals surface area contributed by atoms with Gasteiger partial charge in [-0.15, -0.1) is 11.3 Å². The van der Waals surface area contributed by atoms with E-state index in [1.807, 2.05) is 6.92 Å². The van der Waals surface area contributed by atoms with E-state index >= 15 is 0 Å². The molecule has 0 fully saturated rings. The van der Waals surface area contributed by atoms with E-state index in [-0.39, 0.29) is 6.10 Å². The molecule has 1 aromatic heterocycles. The van der Waals surface area contributed by atoms with Gasteiger partial charge in [0, 0.05) is 14.2 Å². The first-order chi connectivity index (χ1) is 5.59. The Kier molecular flexibility index (Phi) is 3.75. The summed E-state index contributed by atoms with van der Waals surface area (Å²) in [5, 5.41) is 9.10. The highest BCUT2D eigenvalue weighted by Crippen LogP contribution is 2.28. The van der Waals surface area contributed by atoms with Crippen molar-refractivity contribution in [3.05, 3.63) is 20.3 Å². The van der Waals surface area contributed by atoms with Gasteiger partial charge < -0.3 is 5.11 Å². The van der Waals surface area contributed by atoms with Gasteiger partial charge in [-0.1, -0.05) is 0 Å². The maximum atomic E-state index is 9.10. The first-order valence-corrected chi connectivity index (χ1v) is 5.63. The quantitative estimate of drug-likeness (QED) is 0.872. The zero-order valence-corrected chi connectivity index (χ0v) is 9.70. The summed E-state index contributed by atoms with van der Waals surface area (Å²) in [7, 11) is 0. The van der Waals surface area contributed by atoms with Crippen molar-refractivity contribution in [1.29, 1.82) is 0 Å². The minimum absolute atomic E-state index is 0.195. The number of thiophene rings is 1. The third kappa shape index (κ3) is 2.88. The predicted octanol–water partition coefficient (Wildman–Crippen LogP) is 3.13. The van der Waals surface area contributed by atoms with Gasteiger partial charge in [0.1, 0.15) is 0 Å². The molecule has 1 heterocycles. The lowest BCUT2D eigenvalue weighted by atomic mass is 10.2. The lowest BCUT2D eigenvalue weighted by Gasteiger charge is -2.01. The molecule has 0 unspecified atom stereocenters. The van der Waals surface area contributed by atoms with E-state index in [4.69, 9.17) is 5.11 Å². The molecule has 0 aliphatic heterocycles. The van der Waals surface area contributed by atoms with Crippen LogP contribution >= 0.6 is 27.3 Å². The molecule has 0 bridgehead atoms. The van der Waals surface area contributed by atoms with Crippen molar-refractivity contribution in [2.45, 2.75) is 32.8 Å². The minimum Gasteiger partial charge on any atom is -0.393 e. The molecule has 0 saturated heterocycles. The summed E-state index contributed by atoms with van der Waals surface area (Å²) < 4.78 is 1.19. The van der Waals surface area contributed by atoms with Crippen LogP contribution in [0.15, 0.2) is 10.5 Å². The second kappa shape index (κ2) is 4.40. The second-order valence-electron chi connectivity index (χ2n) is 3.02. The number of aliphatic hydroxyl groups is 1. The number of hydrogen-bond donors (Lipinski definition) is 1. The molecular weight excluding hydrogens is 236 g/mol. The lowest BCUT2D eigenvalue weighted by Crippen LogP contribution is -2.00. The first-order valence-electron chi connectivity index (χ1n) is 4.02. The highest BCUT2D eigenvalue weighted by atomic mass is 79.9. The molecule has 12 heavy (non-hydrogen) atoms. The summed E-state index contributed by atoms with van der Waals surface area (Å²) in [5.41, 5.74) is 0. The zero-order valence-electron chi connectivity index (χ0n) is 7.30. The maximum Gasteiger partial charge on any atom is 0.0515 e. The Hall–Kier alpha value is 0.140. The predicted molar refractivity (Wildman–Crippen MR) is 56.8 cm³/mol. The number of aliphatic hydroxyl groups excluding tert-OH is 1.